The first-order valence-electron chi connectivity index (χ1n) is 6.77. The lowest BCUT2D eigenvalue weighted by Crippen LogP contribution is -2.11. The van der Waals surface area contributed by atoms with Gasteiger partial charge in [-0.15, -0.1) is 0 Å². The molecule has 0 radical (unpaired) electrons. The summed E-state index contributed by atoms with van der Waals surface area (Å²) >= 11 is 7.24. The number of fused-ring (bicyclic) bond motifs is 3. The summed E-state index contributed by atoms with van der Waals surface area (Å²) in [7, 11) is 1.87. The first kappa shape index (κ1) is 14.1. The van der Waals surface area contributed by atoms with Crippen LogP contribution in [0.3, 0.4) is 0 Å². The number of nitrogens with one attached hydrogen (secondary N) is 1. The summed E-state index contributed by atoms with van der Waals surface area (Å²) in [5.41, 5.74) is 2.70. The number of carbonyl (C=O) groups is 1. The standard InChI is InChI=1S/C15H10ClN5OS/c1-21-7-9-10(18-14(16)17-9)11-12(21)19-15(23-11)20-13(22)8-5-3-2-4-6-8/h2-7H,1H3,(H,19,20,22). The van der Waals surface area contributed by atoms with E-state index in [1.165, 1.54) is 11.3 Å². The molecule has 0 saturated carbocycles. The molecule has 1 amide bonds. The average molecular weight is 344 g/mol. The van der Waals surface area contributed by atoms with Crippen LogP contribution in [0.15, 0.2) is 36.5 Å². The summed E-state index contributed by atoms with van der Waals surface area (Å²) < 4.78 is 2.69. The fourth-order valence-corrected chi connectivity index (χ4v) is 3.52. The van der Waals surface area contributed by atoms with Gasteiger partial charge in [0.1, 0.15) is 16.1 Å². The van der Waals surface area contributed by atoms with Gasteiger partial charge in [0.15, 0.2) is 10.8 Å². The maximum absolute atomic E-state index is 12.2. The Kier molecular flexibility index (Phi) is 3.24. The number of rotatable bonds is 2. The average Bonchev–Trinajstić information content (AvgIpc) is 3.11. The normalized spacial score (nSPS) is 11.2. The lowest BCUT2D eigenvalue weighted by molar-refractivity contribution is 0.102. The molecule has 23 heavy (non-hydrogen) atoms. The lowest BCUT2D eigenvalue weighted by atomic mass is 10.2. The fraction of sp³-hybridized carbons (Fsp3) is 0.0667. The minimum absolute atomic E-state index is 0.199. The highest BCUT2D eigenvalue weighted by molar-refractivity contribution is 7.22. The predicted molar refractivity (Wildman–Crippen MR) is 90.2 cm³/mol. The topological polar surface area (TPSA) is 72.7 Å². The molecule has 0 spiro atoms. The Labute approximate surface area is 140 Å². The third kappa shape index (κ3) is 2.43. The van der Waals surface area contributed by atoms with Gasteiger partial charge in [-0.3, -0.25) is 10.1 Å². The second-order valence-electron chi connectivity index (χ2n) is 4.96. The number of thiazole rings is 1. The van der Waals surface area contributed by atoms with Crippen LogP contribution in [-0.4, -0.2) is 25.4 Å². The van der Waals surface area contributed by atoms with Crippen molar-refractivity contribution in [3.63, 3.8) is 0 Å². The molecule has 4 rings (SSSR count). The maximum Gasteiger partial charge on any atom is 0.257 e. The number of carbonyl (C=O) groups excluding carboxylic acids is 1. The van der Waals surface area contributed by atoms with Crippen molar-refractivity contribution in [2.24, 2.45) is 7.05 Å². The number of hydrogen-bond donors (Lipinski definition) is 1. The van der Waals surface area contributed by atoms with Crippen molar-refractivity contribution in [3.8, 4) is 11.4 Å². The second-order valence-corrected chi connectivity index (χ2v) is 6.30. The van der Waals surface area contributed by atoms with Crippen molar-refractivity contribution in [1.82, 2.24) is 19.5 Å². The summed E-state index contributed by atoms with van der Waals surface area (Å²) in [4.78, 5) is 25.1. The molecule has 8 heteroatoms. The highest BCUT2D eigenvalue weighted by Gasteiger charge is 2.20. The van der Waals surface area contributed by atoms with E-state index < -0.39 is 0 Å². The lowest BCUT2D eigenvalue weighted by Gasteiger charge is -2.02. The fourth-order valence-electron chi connectivity index (χ4n) is 2.35. The molecule has 1 N–H and O–H groups in total. The molecule has 0 fully saturated rings. The zero-order chi connectivity index (χ0) is 16.0. The van der Waals surface area contributed by atoms with E-state index >= 15 is 0 Å². The quantitative estimate of drug-likeness (QED) is 0.605. The Hall–Kier alpha value is -2.51. The molecule has 114 valence electrons. The molecule has 0 atom stereocenters. The number of aryl methyl sites for hydroxylation is 1. The van der Waals surface area contributed by atoms with Gasteiger partial charge in [0, 0.05) is 18.8 Å². The Balaban J connectivity index is 1.76. The number of hydrogen-bond acceptors (Lipinski definition) is 5. The van der Waals surface area contributed by atoms with Crippen LogP contribution in [0.2, 0.25) is 5.28 Å². The van der Waals surface area contributed by atoms with Gasteiger partial charge in [0.2, 0.25) is 5.28 Å². The van der Waals surface area contributed by atoms with E-state index in [2.05, 4.69) is 20.3 Å². The number of nitrogens with zero attached hydrogens (tertiary/aromatic N) is 4. The molecule has 1 aromatic carbocycles. The largest absolute Gasteiger partial charge is 0.333 e. The van der Waals surface area contributed by atoms with Crippen LogP contribution in [0.5, 0.6) is 0 Å². The number of halogens is 1. The molecule has 6 nitrogen and oxygen atoms in total. The first-order valence-corrected chi connectivity index (χ1v) is 7.97. The highest BCUT2D eigenvalue weighted by Crippen LogP contribution is 2.35. The van der Waals surface area contributed by atoms with E-state index in [4.69, 9.17) is 11.6 Å². The van der Waals surface area contributed by atoms with Crippen LogP contribution in [-0.2, 0) is 7.05 Å². The smallest absolute Gasteiger partial charge is 0.257 e. The van der Waals surface area contributed by atoms with E-state index in [0.717, 1.165) is 10.3 Å². The molecule has 3 heterocycles. The van der Waals surface area contributed by atoms with Gasteiger partial charge in [-0.05, 0) is 23.7 Å². The van der Waals surface area contributed by atoms with E-state index in [0.29, 0.717) is 22.1 Å². The van der Waals surface area contributed by atoms with Gasteiger partial charge < -0.3 is 4.57 Å². The second kappa shape index (κ2) is 5.29. The number of benzene rings is 1. The zero-order valence-electron chi connectivity index (χ0n) is 11.9. The van der Waals surface area contributed by atoms with E-state index in [-0.39, 0.29) is 11.2 Å². The maximum atomic E-state index is 12.2. The monoisotopic (exact) mass is 343 g/mol. The Morgan fingerprint density at radius 1 is 1.22 bits per heavy atom. The third-order valence-corrected chi connectivity index (χ3v) is 4.53. The molecule has 2 aliphatic rings. The van der Waals surface area contributed by atoms with Crippen LogP contribution < -0.4 is 5.32 Å². The SMILES string of the molecule is Cn1cc2nc(Cl)nc-2c2sc(NC(=O)c3ccccc3)nc21. The summed E-state index contributed by atoms with van der Waals surface area (Å²) in [6, 6.07) is 9.01. The molecule has 0 saturated heterocycles. The van der Waals surface area contributed by atoms with Gasteiger partial charge in [-0.2, -0.15) is 0 Å². The molecule has 2 aliphatic heterocycles. The number of anilines is 1. The Morgan fingerprint density at radius 3 is 2.78 bits per heavy atom. The zero-order valence-corrected chi connectivity index (χ0v) is 13.5. The molecule has 0 bridgehead atoms. The Bertz CT molecular complexity index is 994. The number of amides is 1. The van der Waals surface area contributed by atoms with E-state index in [1.54, 1.807) is 12.1 Å². The number of aromatic nitrogens is 4. The van der Waals surface area contributed by atoms with Crippen LogP contribution in [0.25, 0.3) is 21.7 Å². The molecule has 0 aliphatic carbocycles. The summed E-state index contributed by atoms with van der Waals surface area (Å²) in [5, 5.41) is 3.54. The van der Waals surface area contributed by atoms with Crippen LogP contribution in [0.1, 0.15) is 10.4 Å². The summed E-state index contributed by atoms with van der Waals surface area (Å²) in [6.07, 6.45) is 1.82. The molecular formula is C15H10ClN5OS. The molecule has 1 aromatic heterocycles. The number of imidazole rings is 1. The minimum atomic E-state index is -0.199. The van der Waals surface area contributed by atoms with Crippen molar-refractivity contribution in [3.05, 3.63) is 47.4 Å². The third-order valence-electron chi connectivity index (χ3n) is 3.39. The van der Waals surface area contributed by atoms with Crippen LogP contribution in [0.4, 0.5) is 5.13 Å². The van der Waals surface area contributed by atoms with Gasteiger partial charge in [-0.1, -0.05) is 29.5 Å². The van der Waals surface area contributed by atoms with Crippen LogP contribution >= 0.6 is 22.9 Å². The van der Waals surface area contributed by atoms with E-state index in [1.807, 2.05) is 36.0 Å². The van der Waals surface area contributed by atoms with Crippen molar-refractivity contribution >= 4 is 44.3 Å². The Morgan fingerprint density at radius 2 is 2.00 bits per heavy atom. The minimum Gasteiger partial charge on any atom is -0.333 e. The predicted octanol–water partition coefficient (Wildman–Crippen LogP) is 3.44. The highest BCUT2D eigenvalue weighted by atomic mass is 35.5. The molecular weight excluding hydrogens is 334 g/mol. The van der Waals surface area contributed by atoms with Gasteiger partial charge in [-0.25, -0.2) is 15.0 Å². The van der Waals surface area contributed by atoms with Gasteiger partial charge in [0.05, 0.1) is 0 Å². The molecule has 2 aromatic rings. The van der Waals surface area contributed by atoms with Gasteiger partial charge >= 0.3 is 0 Å². The molecule has 0 unspecified atom stereocenters. The van der Waals surface area contributed by atoms with Crippen LogP contribution in [0, 0.1) is 0 Å². The summed E-state index contributed by atoms with van der Waals surface area (Å²) in [5.74, 6) is -0.199. The van der Waals surface area contributed by atoms with Crippen molar-refractivity contribution in [2.45, 2.75) is 0 Å². The number of pyridine rings is 1. The van der Waals surface area contributed by atoms with Crippen molar-refractivity contribution < 1.29 is 4.79 Å². The van der Waals surface area contributed by atoms with Crippen molar-refractivity contribution in [2.75, 3.05) is 5.32 Å². The first-order chi connectivity index (χ1) is 11.1. The van der Waals surface area contributed by atoms with E-state index in [9.17, 15) is 4.79 Å². The van der Waals surface area contributed by atoms with Gasteiger partial charge in [0.25, 0.3) is 5.91 Å². The summed E-state index contributed by atoms with van der Waals surface area (Å²) in [6.45, 7) is 0. The van der Waals surface area contributed by atoms with Crippen molar-refractivity contribution in [1.29, 1.82) is 0 Å².